The van der Waals surface area contributed by atoms with Gasteiger partial charge in [0.2, 0.25) is 0 Å². The Morgan fingerprint density at radius 2 is 2.32 bits per heavy atom. The zero-order valence-electron chi connectivity index (χ0n) is 10.7. The highest BCUT2D eigenvalue weighted by atomic mass is 32.1. The first kappa shape index (κ1) is 13.9. The smallest absolute Gasteiger partial charge is 0.266 e. The minimum atomic E-state index is -0.744. The minimum absolute atomic E-state index is 0.144. The number of thiophene rings is 1. The summed E-state index contributed by atoms with van der Waals surface area (Å²) in [5.74, 6) is 0. The van der Waals surface area contributed by atoms with Crippen LogP contribution < -0.4 is 5.56 Å². The number of aliphatic hydroxyl groups excluding tert-OH is 1. The molecule has 1 unspecified atom stereocenters. The topological polar surface area (TPSA) is 64.4 Å². The lowest BCUT2D eigenvalue weighted by Gasteiger charge is -2.12. The molecule has 102 valence electrons. The summed E-state index contributed by atoms with van der Waals surface area (Å²) in [6.07, 6.45) is -0.744. The molecule has 1 N–H and O–H groups in total. The fourth-order valence-electron chi connectivity index (χ4n) is 1.62. The highest BCUT2D eigenvalue weighted by Gasteiger charge is 2.08. The van der Waals surface area contributed by atoms with E-state index in [0.29, 0.717) is 6.61 Å². The van der Waals surface area contributed by atoms with Gasteiger partial charge in [-0.05, 0) is 24.4 Å². The molecule has 0 amide bonds. The Bertz CT molecular complexity index is 566. The summed E-state index contributed by atoms with van der Waals surface area (Å²) in [7, 11) is 0. The Hall–Kier alpha value is -1.50. The molecule has 0 aliphatic carbocycles. The summed E-state index contributed by atoms with van der Waals surface area (Å²) in [5, 5.41) is 15.9. The van der Waals surface area contributed by atoms with Crippen LogP contribution in [0, 0.1) is 6.92 Å². The maximum atomic E-state index is 11.5. The van der Waals surface area contributed by atoms with Crippen LogP contribution in [-0.2, 0) is 17.9 Å². The van der Waals surface area contributed by atoms with Gasteiger partial charge in [-0.25, -0.2) is 4.68 Å². The maximum Gasteiger partial charge on any atom is 0.266 e. The first-order valence-corrected chi connectivity index (χ1v) is 6.86. The van der Waals surface area contributed by atoms with Crippen molar-refractivity contribution in [1.29, 1.82) is 0 Å². The zero-order valence-corrected chi connectivity index (χ0v) is 11.5. The quantitative estimate of drug-likeness (QED) is 0.863. The van der Waals surface area contributed by atoms with Crippen LogP contribution in [0.1, 0.15) is 10.6 Å². The van der Waals surface area contributed by atoms with Gasteiger partial charge in [-0.2, -0.15) is 5.10 Å². The van der Waals surface area contributed by atoms with Crippen molar-refractivity contribution in [3.05, 3.63) is 50.6 Å². The summed E-state index contributed by atoms with van der Waals surface area (Å²) in [5.41, 5.74) is 0.522. The Morgan fingerprint density at radius 3 is 3.05 bits per heavy atom. The number of aliphatic hydroxyl groups is 1. The van der Waals surface area contributed by atoms with Crippen LogP contribution in [0.3, 0.4) is 0 Å². The van der Waals surface area contributed by atoms with Gasteiger partial charge in [-0.15, -0.1) is 11.3 Å². The first-order chi connectivity index (χ1) is 9.15. The highest BCUT2D eigenvalue weighted by molar-refractivity contribution is 7.09. The van der Waals surface area contributed by atoms with Crippen LogP contribution in [0.25, 0.3) is 0 Å². The Balaban J connectivity index is 1.82. The highest BCUT2D eigenvalue weighted by Crippen LogP contribution is 2.09. The summed E-state index contributed by atoms with van der Waals surface area (Å²) in [6, 6.07) is 7.03. The van der Waals surface area contributed by atoms with E-state index < -0.39 is 6.10 Å². The Kier molecular flexibility index (Phi) is 4.84. The van der Waals surface area contributed by atoms with Crippen molar-refractivity contribution in [3.8, 4) is 0 Å². The zero-order chi connectivity index (χ0) is 13.7. The van der Waals surface area contributed by atoms with Crippen molar-refractivity contribution in [3.63, 3.8) is 0 Å². The second kappa shape index (κ2) is 6.60. The molecule has 0 fully saturated rings. The number of aryl methyl sites for hydroxylation is 1. The normalized spacial score (nSPS) is 12.5. The van der Waals surface area contributed by atoms with E-state index >= 15 is 0 Å². The van der Waals surface area contributed by atoms with E-state index in [0.717, 1.165) is 10.6 Å². The van der Waals surface area contributed by atoms with Gasteiger partial charge >= 0.3 is 0 Å². The largest absolute Gasteiger partial charge is 0.389 e. The van der Waals surface area contributed by atoms with Crippen LogP contribution in [0.4, 0.5) is 0 Å². The average Bonchev–Trinajstić information content (AvgIpc) is 2.87. The van der Waals surface area contributed by atoms with E-state index in [4.69, 9.17) is 4.74 Å². The van der Waals surface area contributed by atoms with Gasteiger partial charge in [0.25, 0.3) is 5.56 Å². The molecule has 2 heterocycles. The second-order valence-corrected chi connectivity index (χ2v) is 5.28. The lowest BCUT2D eigenvalue weighted by Crippen LogP contribution is -2.31. The Labute approximate surface area is 115 Å². The SMILES string of the molecule is Cc1ccc(=O)n(CC(O)COCc2cccs2)n1. The lowest BCUT2D eigenvalue weighted by atomic mass is 10.3. The van der Waals surface area contributed by atoms with Crippen molar-refractivity contribution in [1.82, 2.24) is 9.78 Å². The average molecular weight is 280 g/mol. The number of rotatable bonds is 6. The van der Waals surface area contributed by atoms with E-state index in [1.807, 2.05) is 17.5 Å². The third kappa shape index (κ3) is 4.27. The van der Waals surface area contributed by atoms with Crippen molar-refractivity contribution < 1.29 is 9.84 Å². The van der Waals surface area contributed by atoms with Crippen LogP contribution in [0.5, 0.6) is 0 Å². The molecule has 0 aromatic carbocycles. The molecule has 0 radical (unpaired) electrons. The molecule has 0 saturated carbocycles. The summed E-state index contributed by atoms with van der Waals surface area (Å²) in [6.45, 7) is 2.60. The van der Waals surface area contributed by atoms with Crippen LogP contribution >= 0.6 is 11.3 Å². The number of aromatic nitrogens is 2. The summed E-state index contributed by atoms with van der Waals surface area (Å²) >= 11 is 1.61. The number of nitrogens with zero attached hydrogens (tertiary/aromatic N) is 2. The van der Waals surface area contributed by atoms with E-state index in [1.165, 1.54) is 10.7 Å². The number of hydrogen-bond acceptors (Lipinski definition) is 5. The lowest BCUT2D eigenvalue weighted by molar-refractivity contribution is 0.0188. The van der Waals surface area contributed by atoms with E-state index in [2.05, 4.69) is 5.10 Å². The van der Waals surface area contributed by atoms with Gasteiger partial charge in [-0.3, -0.25) is 4.79 Å². The maximum absolute atomic E-state index is 11.5. The first-order valence-electron chi connectivity index (χ1n) is 5.98. The molecule has 0 bridgehead atoms. The van der Waals surface area contributed by atoms with Gasteiger partial charge < -0.3 is 9.84 Å². The molecule has 6 heteroatoms. The Morgan fingerprint density at radius 1 is 1.47 bits per heavy atom. The molecule has 0 aliphatic heterocycles. The van der Waals surface area contributed by atoms with Crippen molar-refractivity contribution in [2.45, 2.75) is 26.2 Å². The standard InChI is InChI=1S/C13H16N2O3S/c1-10-4-5-13(17)15(14-10)7-11(16)8-18-9-12-3-2-6-19-12/h2-6,11,16H,7-9H2,1H3. The molecule has 0 aliphatic rings. The number of hydrogen-bond donors (Lipinski definition) is 1. The molecule has 5 nitrogen and oxygen atoms in total. The van der Waals surface area contributed by atoms with Crippen LogP contribution in [0.15, 0.2) is 34.4 Å². The monoisotopic (exact) mass is 280 g/mol. The molecule has 1 atom stereocenters. The van der Waals surface area contributed by atoms with Crippen LogP contribution in [-0.4, -0.2) is 27.6 Å². The molecule has 2 aromatic heterocycles. The molecule has 2 rings (SSSR count). The van der Waals surface area contributed by atoms with Crippen molar-refractivity contribution in [2.24, 2.45) is 0 Å². The van der Waals surface area contributed by atoms with Crippen LogP contribution in [0.2, 0.25) is 0 Å². The van der Waals surface area contributed by atoms with Crippen molar-refractivity contribution >= 4 is 11.3 Å². The fraction of sp³-hybridized carbons (Fsp3) is 0.385. The molecular formula is C13H16N2O3S. The molecule has 2 aromatic rings. The van der Waals surface area contributed by atoms with E-state index in [1.54, 1.807) is 24.3 Å². The summed E-state index contributed by atoms with van der Waals surface area (Å²) < 4.78 is 6.66. The van der Waals surface area contributed by atoms with Gasteiger partial charge in [0.1, 0.15) is 0 Å². The predicted octanol–water partition coefficient (Wildman–Crippen LogP) is 1.19. The van der Waals surface area contributed by atoms with Gasteiger partial charge in [-0.1, -0.05) is 6.07 Å². The van der Waals surface area contributed by atoms with E-state index in [9.17, 15) is 9.90 Å². The molecular weight excluding hydrogens is 264 g/mol. The molecule has 0 saturated heterocycles. The van der Waals surface area contributed by atoms with Gasteiger partial charge in [0.05, 0.1) is 31.6 Å². The van der Waals surface area contributed by atoms with E-state index in [-0.39, 0.29) is 18.7 Å². The number of ether oxygens (including phenoxy) is 1. The fourth-order valence-corrected chi connectivity index (χ4v) is 2.26. The third-order valence-electron chi connectivity index (χ3n) is 2.52. The van der Waals surface area contributed by atoms with Gasteiger partial charge in [0.15, 0.2) is 0 Å². The van der Waals surface area contributed by atoms with Gasteiger partial charge in [0, 0.05) is 10.9 Å². The summed E-state index contributed by atoms with van der Waals surface area (Å²) in [4.78, 5) is 12.6. The predicted molar refractivity (Wildman–Crippen MR) is 73.2 cm³/mol. The van der Waals surface area contributed by atoms with Crippen molar-refractivity contribution in [2.75, 3.05) is 6.61 Å². The second-order valence-electron chi connectivity index (χ2n) is 4.24. The third-order valence-corrected chi connectivity index (χ3v) is 3.37. The molecule has 19 heavy (non-hydrogen) atoms. The minimum Gasteiger partial charge on any atom is -0.389 e. The molecule has 0 spiro atoms.